The average molecular weight is 402 g/mol. The van der Waals surface area contributed by atoms with Crippen molar-refractivity contribution >= 4 is 45.8 Å². The predicted octanol–water partition coefficient (Wildman–Crippen LogP) is 4.95. The van der Waals surface area contributed by atoms with Crippen molar-refractivity contribution in [3.05, 3.63) is 49.9 Å². The van der Waals surface area contributed by atoms with E-state index in [1.54, 1.807) is 6.07 Å². The highest BCUT2D eigenvalue weighted by atomic mass is 127. The Morgan fingerprint density at radius 2 is 2.15 bits per heavy atom. The zero-order chi connectivity index (χ0) is 14.4. The first-order chi connectivity index (χ1) is 9.47. The van der Waals surface area contributed by atoms with Crippen molar-refractivity contribution in [3.63, 3.8) is 0 Å². The molecule has 0 fully saturated rings. The first-order valence-electron chi connectivity index (χ1n) is 6.13. The Labute approximate surface area is 133 Å². The molecule has 1 aromatic carbocycles. The third kappa shape index (κ3) is 2.20. The number of rotatable bonds is 2. The van der Waals surface area contributed by atoms with Crippen LogP contribution in [0.1, 0.15) is 24.5 Å². The summed E-state index contributed by atoms with van der Waals surface area (Å²) in [5.74, 6) is 1.40. The van der Waals surface area contributed by atoms with Crippen molar-refractivity contribution in [1.82, 2.24) is 9.55 Å². The van der Waals surface area contributed by atoms with Crippen LogP contribution in [0.3, 0.4) is 0 Å². The molecule has 3 rings (SSSR count). The smallest absolute Gasteiger partial charge is 0.178 e. The van der Waals surface area contributed by atoms with Gasteiger partial charge in [-0.15, -0.1) is 0 Å². The summed E-state index contributed by atoms with van der Waals surface area (Å²) in [6.45, 7) is 3.88. The first-order valence-corrected chi connectivity index (χ1v) is 7.61. The monoisotopic (exact) mass is 402 g/mol. The maximum Gasteiger partial charge on any atom is 0.178 e. The molecule has 0 aliphatic rings. The van der Waals surface area contributed by atoms with E-state index in [9.17, 15) is 4.39 Å². The number of furan rings is 1. The molecule has 0 amide bonds. The lowest BCUT2D eigenvalue weighted by Crippen LogP contribution is -2.06. The highest BCUT2D eigenvalue weighted by Crippen LogP contribution is 2.27. The van der Waals surface area contributed by atoms with Crippen LogP contribution in [0.4, 0.5) is 4.39 Å². The molecule has 0 bridgehead atoms. The van der Waals surface area contributed by atoms with Gasteiger partial charge in [0.25, 0.3) is 0 Å². The number of imidazole rings is 1. The van der Waals surface area contributed by atoms with Gasteiger partial charge in [-0.3, -0.25) is 0 Å². The van der Waals surface area contributed by atoms with Gasteiger partial charge in [-0.1, -0.05) is 0 Å². The molecule has 6 heteroatoms. The molecular formula is C14H12FIN2OS. The summed E-state index contributed by atoms with van der Waals surface area (Å²) in [5.41, 5.74) is 1.57. The van der Waals surface area contributed by atoms with Crippen LogP contribution < -0.4 is 0 Å². The van der Waals surface area contributed by atoms with Gasteiger partial charge in [-0.05, 0) is 66.9 Å². The average Bonchev–Trinajstić information content (AvgIpc) is 2.93. The SMILES string of the molecule is Cc1ccc(C(C)n2c(=S)[nH]c3cc(I)c(F)cc32)o1. The zero-order valence-electron chi connectivity index (χ0n) is 10.9. The van der Waals surface area contributed by atoms with Gasteiger partial charge in [-0.2, -0.15) is 0 Å². The van der Waals surface area contributed by atoms with E-state index in [0.717, 1.165) is 22.6 Å². The molecule has 20 heavy (non-hydrogen) atoms. The van der Waals surface area contributed by atoms with Gasteiger partial charge in [0.2, 0.25) is 0 Å². The van der Waals surface area contributed by atoms with E-state index in [1.165, 1.54) is 6.07 Å². The molecule has 3 nitrogen and oxygen atoms in total. The summed E-state index contributed by atoms with van der Waals surface area (Å²) >= 11 is 7.33. The van der Waals surface area contributed by atoms with Crippen LogP contribution >= 0.6 is 34.8 Å². The van der Waals surface area contributed by atoms with E-state index in [2.05, 4.69) is 4.98 Å². The molecule has 1 unspecified atom stereocenters. The Balaban J connectivity index is 2.23. The fourth-order valence-corrected chi connectivity index (χ4v) is 3.14. The van der Waals surface area contributed by atoms with Gasteiger partial charge < -0.3 is 14.0 Å². The highest BCUT2D eigenvalue weighted by molar-refractivity contribution is 14.1. The van der Waals surface area contributed by atoms with E-state index in [1.807, 2.05) is 53.1 Å². The zero-order valence-corrected chi connectivity index (χ0v) is 13.9. The van der Waals surface area contributed by atoms with Crippen LogP contribution in [0.25, 0.3) is 11.0 Å². The predicted molar refractivity (Wildman–Crippen MR) is 87.1 cm³/mol. The summed E-state index contributed by atoms with van der Waals surface area (Å²) in [6.07, 6.45) is 0. The molecular weight excluding hydrogens is 390 g/mol. The minimum Gasteiger partial charge on any atom is -0.464 e. The summed E-state index contributed by atoms with van der Waals surface area (Å²) < 4.78 is 22.5. The van der Waals surface area contributed by atoms with Gasteiger partial charge >= 0.3 is 0 Å². The quantitative estimate of drug-likeness (QED) is 0.486. The van der Waals surface area contributed by atoms with Crippen LogP contribution in [0.15, 0.2) is 28.7 Å². The number of hydrogen-bond donors (Lipinski definition) is 1. The fourth-order valence-electron chi connectivity index (χ4n) is 2.31. The second-order valence-electron chi connectivity index (χ2n) is 4.71. The molecule has 0 aliphatic carbocycles. The maximum absolute atomic E-state index is 13.8. The van der Waals surface area contributed by atoms with Gasteiger partial charge in [0.1, 0.15) is 17.3 Å². The molecule has 1 N–H and O–H groups in total. The molecule has 0 aliphatic heterocycles. The van der Waals surface area contributed by atoms with Crippen molar-refractivity contribution in [2.45, 2.75) is 19.9 Å². The van der Waals surface area contributed by atoms with Crippen LogP contribution in [0, 0.1) is 21.1 Å². The number of fused-ring (bicyclic) bond motifs is 1. The topological polar surface area (TPSA) is 33.9 Å². The van der Waals surface area contributed by atoms with Gasteiger partial charge in [-0.25, -0.2) is 4.39 Å². The standard InChI is InChI=1S/C14H12FIN2OS/c1-7-3-4-13(19-7)8(2)18-12-5-9(15)10(16)6-11(12)17-14(18)20/h3-6,8H,1-2H3,(H,17,20). The molecule has 0 saturated heterocycles. The summed E-state index contributed by atoms with van der Waals surface area (Å²) in [4.78, 5) is 3.12. The second-order valence-corrected chi connectivity index (χ2v) is 6.26. The van der Waals surface area contributed by atoms with Crippen molar-refractivity contribution in [2.75, 3.05) is 0 Å². The Morgan fingerprint density at radius 1 is 1.40 bits per heavy atom. The van der Waals surface area contributed by atoms with Crippen molar-refractivity contribution in [1.29, 1.82) is 0 Å². The normalized spacial score (nSPS) is 13.0. The van der Waals surface area contributed by atoms with E-state index in [4.69, 9.17) is 16.6 Å². The van der Waals surface area contributed by atoms with Crippen LogP contribution in [-0.4, -0.2) is 9.55 Å². The lowest BCUT2D eigenvalue weighted by Gasteiger charge is -2.12. The summed E-state index contributed by atoms with van der Waals surface area (Å²) in [7, 11) is 0. The van der Waals surface area contributed by atoms with Crippen molar-refractivity contribution < 1.29 is 8.81 Å². The number of aromatic amines is 1. The number of H-pyrrole nitrogens is 1. The Bertz CT molecular complexity index is 849. The Morgan fingerprint density at radius 3 is 2.80 bits per heavy atom. The minimum absolute atomic E-state index is 0.0931. The van der Waals surface area contributed by atoms with Crippen molar-refractivity contribution in [2.24, 2.45) is 0 Å². The third-order valence-corrected chi connectivity index (χ3v) is 4.44. The number of nitrogens with one attached hydrogen (secondary N) is 1. The number of aryl methyl sites for hydroxylation is 1. The summed E-state index contributed by atoms with van der Waals surface area (Å²) in [6, 6.07) is 7.01. The number of aromatic nitrogens is 2. The van der Waals surface area contributed by atoms with Crippen LogP contribution in [-0.2, 0) is 0 Å². The molecule has 2 aromatic heterocycles. The largest absolute Gasteiger partial charge is 0.464 e. The molecule has 2 heterocycles. The molecule has 0 radical (unpaired) electrons. The number of benzene rings is 1. The van der Waals surface area contributed by atoms with E-state index in [0.29, 0.717) is 8.34 Å². The van der Waals surface area contributed by atoms with Gasteiger partial charge in [0, 0.05) is 6.07 Å². The van der Waals surface area contributed by atoms with Crippen LogP contribution in [0.2, 0.25) is 0 Å². The first kappa shape index (κ1) is 13.8. The molecule has 1 atom stereocenters. The van der Waals surface area contributed by atoms with E-state index < -0.39 is 0 Å². The Kier molecular flexibility index (Phi) is 3.45. The number of halogens is 2. The Hall–Kier alpha value is -1.15. The van der Waals surface area contributed by atoms with Gasteiger partial charge in [0.15, 0.2) is 4.77 Å². The second kappa shape index (κ2) is 5.00. The fraction of sp³-hybridized carbons (Fsp3) is 0.214. The van der Waals surface area contributed by atoms with Crippen LogP contribution in [0.5, 0.6) is 0 Å². The third-order valence-electron chi connectivity index (χ3n) is 3.32. The molecule has 3 aromatic rings. The molecule has 104 valence electrons. The molecule has 0 spiro atoms. The highest BCUT2D eigenvalue weighted by Gasteiger charge is 2.17. The maximum atomic E-state index is 13.8. The summed E-state index contributed by atoms with van der Waals surface area (Å²) in [5, 5.41) is 0. The number of hydrogen-bond acceptors (Lipinski definition) is 2. The number of nitrogens with zero attached hydrogens (tertiary/aromatic N) is 1. The molecule has 0 saturated carbocycles. The van der Waals surface area contributed by atoms with E-state index in [-0.39, 0.29) is 11.9 Å². The van der Waals surface area contributed by atoms with Gasteiger partial charge in [0.05, 0.1) is 20.6 Å². The lowest BCUT2D eigenvalue weighted by atomic mass is 10.2. The minimum atomic E-state index is -0.247. The lowest BCUT2D eigenvalue weighted by molar-refractivity contribution is 0.431. The van der Waals surface area contributed by atoms with E-state index >= 15 is 0 Å². The van der Waals surface area contributed by atoms with Crippen molar-refractivity contribution in [3.8, 4) is 0 Å².